The number of hydrogen-bond donors (Lipinski definition) is 1. The first-order valence-corrected chi connectivity index (χ1v) is 8.56. The van der Waals surface area contributed by atoms with E-state index in [4.69, 9.17) is 5.73 Å². The zero-order chi connectivity index (χ0) is 14.5. The molecule has 1 aromatic heterocycles. The number of nitrogens with two attached hydrogens (primary N) is 1. The number of benzene rings is 1. The molecule has 1 heterocycles. The number of thioether (sulfide) groups is 1. The molecule has 1 unspecified atom stereocenters. The van der Waals surface area contributed by atoms with E-state index in [0.717, 1.165) is 28.9 Å². The molecule has 108 valence electrons. The van der Waals surface area contributed by atoms with Crippen LogP contribution in [0.15, 0.2) is 39.8 Å². The molecule has 0 saturated carbocycles. The summed E-state index contributed by atoms with van der Waals surface area (Å²) in [4.78, 5) is 1.25. The van der Waals surface area contributed by atoms with E-state index < -0.39 is 0 Å². The van der Waals surface area contributed by atoms with Crippen LogP contribution < -0.4 is 5.73 Å². The molecule has 20 heavy (non-hydrogen) atoms. The van der Waals surface area contributed by atoms with Gasteiger partial charge in [0.1, 0.15) is 0 Å². The number of halogens is 1. The molecule has 0 saturated heterocycles. The highest BCUT2D eigenvalue weighted by Gasteiger charge is 2.16. The maximum atomic E-state index is 6.34. The molecule has 2 N–H and O–H groups in total. The normalized spacial score (nSPS) is 12.6. The van der Waals surface area contributed by atoms with Gasteiger partial charge in [-0.1, -0.05) is 24.6 Å². The van der Waals surface area contributed by atoms with E-state index in [1.165, 1.54) is 10.5 Å². The lowest BCUT2D eigenvalue weighted by molar-refractivity contribution is 0.553. The standard InChI is InChI=1S/C15H20BrN3S/c1-3-8-19-15(13(16)9-18-19)14(17)10-20-12-6-4-11(2)5-7-12/h4-7,9,14H,3,8,10,17H2,1-2H3. The summed E-state index contributed by atoms with van der Waals surface area (Å²) in [5.41, 5.74) is 8.71. The van der Waals surface area contributed by atoms with Crippen molar-refractivity contribution in [1.82, 2.24) is 9.78 Å². The van der Waals surface area contributed by atoms with E-state index in [0.29, 0.717) is 0 Å². The predicted octanol–water partition coefficient (Wildman–Crippen LogP) is 4.16. The smallest absolute Gasteiger partial charge is 0.0702 e. The molecule has 1 atom stereocenters. The minimum Gasteiger partial charge on any atom is -0.322 e. The van der Waals surface area contributed by atoms with Gasteiger partial charge in [-0.05, 0) is 41.4 Å². The van der Waals surface area contributed by atoms with Gasteiger partial charge >= 0.3 is 0 Å². The lowest BCUT2D eigenvalue weighted by Crippen LogP contribution is -2.19. The Morgan fingerprint density at radius 1 is 1.35 bits per heavy atom. The quantitative estimate of drug-likeness (QED) is 0.793. The summed E-state index contributed by atoms with van der Waals surface area (Å²) in [7, 11) is 0. The summed E-state index contributed by atoms with van der Waals surface area (Å²) >= 11 is 5.33. The Bertz CT molecular complexity index is 551. The van der Waals surface area contributed by atoms with Crippen molar-refractivity contribution in [3.8, 4) is 0 Å². The molecule has 2 aromatic rings. The number of nitrogens with zero attached hydrogens (tertiary/aromatic N) is 2. The largest absolute Gasteiger partial charge is 0.322 e. The van der Waals surface area contributed by atoms with E-state index in [-0.39, 0.29) is 6.04 Å². The second-order valence-electron chi connectivity index (χ2n) is 4.83. The van der Waals surface area contributed by atoms with Gasteiger partial charge in [-0.25, -0.2) is 0 Å². The van der Waals surface area contributed by atoms with Crippen LogP contribution in [-0.2, 0) is 6.54 Å². The monoisotopic (exact) mass is 353 g/mol. The summed E-state index contributed by atoms with van der Waals surface area (Å²) in [5, 5.41) is 4.37. The molecule has 5 heteroatoms. The lowest BCUT2D eigenvalue weighted by Gasteiger charge is -2.14. The molecule has 3 nitrogen and oxygen atoms in total. The van der Waals surface area contributed by atoms with Crippen LogP contribution in [0, 0.1) is 6.92 Å². The molecule has 0 amide bonds. The molecule has 0 fully saturated rings. The molecule has 0 aliphatic carbocycles. The van der Waals surface area contributed by atoms with E-state index >= 15 is 0 Å². The zero-order valence-corrected chi connectivity index (χ0v) is 14.2. The van der Waals surface area contributed by atoms with Crippen molar-refractivity contribution in [3.63, 3.8) is 0 Å². The van der Waals surface area contributed by atoms with Crippen LogP contribution >= 0.6 is 27.7 Å². The van der Waals surface area contributed by atoms with Gasteiger partial charge in [0.25, 0.3) is 0 Å². The van der Waals surface area contributed by atoms with Crippen LogP contribution in [0.2, 0.25) is 0 Å². The van der Waals surface area contributed by atoms with Crippen LogP contribution in [0.4, 0.5) is 0 Å². The Hall–Kier alpha value is -0.780. The summed E-state index contributed by atoms with van der Waals surface area (Å²) in [5.74, 6) is 0.844. The fourth-order valence-electron chi connectivity index (χ4n) is 2.03. The third-order valence-corrected chi connectivity index (χ3v) is 4.81. The Morgan fingerprint density at radius 3 is 2.70 bits per heavy atom. The van der Waals surface area contributed by atoms with Crippen molar-refractivity contribution in [3.05, 3.63) is 46.2 Å². The topological polar surface area (TPSA) is 43.8 Å². The van der Waals surface area contributed by atoms with E-state index in [9.17, 15) is 0 Å². The van der Waals surface area contributed by atoms with Crippen LogP contribution in [0.3, 0.4) is 0 Å². The maximum Gasteiger partial charge on any atom is 0.0702 e. The highest BCUT2D eigenvalue weighted by molar-refractivity contribution is 9.10. The average molecular weight is 354 g/mol. The van der Waals surface area contributed by atoms with Crippen LogP contribution in [-0.4, -0.2) is 15.5 Å². The van der Waals surface area contributed by atoms with Gasteiger partial charge in [0.15, 0.2) is 0 Å². The van der Waals surface area contributed by atoms with E-state index in [2.05, 4.69) is 59.1 Å². The first-order valence-electron chi connectivity index (χ1n) is 6.78. The van der Waals surface area contributed by atoms with Crippen molar-refractivity contribution >= 4 is 27.7 Å². The Kier molecular flexibility index (Phi) is 5.69. The maximum absolute atomic E-state index is 6.34. The molecule has 2 rings (SSSR count). The van der Waals surface area contributed by atoms with Gasteiger partial charge in [0.2, 0.25) is 0 Å². The van der Waals surface area contributed by atoms with Gasteiger partial charge in [-0.2, -0.15) is 5.10 Å². The number of aromatic nitrogens is 2. The molecular formula is C15H20BrN3S. The summed E-state index contributed by atoms with van der Waals surface area (Å²) in [6, 6.07) is 8.52. The SMILES string of the molecule is CCCn1ncc(Br)c1C(N)CSc1ccc(C)cc1. The van der Waals surface area contributed by atoms with E-state index in [1.54, 1.807) is 11.8 Å². The number of rotatable bonds is 6. The summed E-state index contributed by atoms with van der Waals surface area (Å²) < 4.78 is 3.01. The van der Waals surface area contributed by atoms with Crippen molar-refractivity contribution in [2.75, 3.05) is 5.75 Å². The zero-order valence-electron chi connectivity index (χ0n) is 11.8. The van der Waals surface area contributed by atoms with E-state index in [1.807, 2.05) is 10.9 Å². The molecule has 0 bridgehead atoms. The van der Waals surface area contributed by atoms with Crippen molar-refractivity contribution < 1.29 is 0 Å². The Morgan fingerprint density at radius 2 is 2.05 bits per heavy atom. The van der Waals surface area contributed by atoms with Gasteiger partial charge in [0.05, 0.1) is 22.4 Å². The minimum absolute atomic E-state index is 0.0234. The second kappa shape index (κ2) is 7.29. The molecule has 0 aliphatic rings. The van der Waals surface area contributed by atoms with Gasteiger partial charge in [-0.3, -0.25) is 4.68 Å². The number of hydrogen-bond acceptors (Lipinski definition) is 3. The fourth-order valence-corrected chi connectivity index (χ4v) is 3.48. The van der Waals surface area contributed by atoms with Crippen molar-refractivity contribution in [2.24, 2.45) is 5.73 Å². The van der Waals surface area contributed by atoms with Gasteiger partial charge in [0, 0.05) is 17.2 Å². The van der Waals surface area contributed by atoms with Gasteiger partial charge < -0.3 is 5.73 Å². The van der Waals surface area contributed by atoms with Crippen molar-refractivity contribution in [2.45, 2.75) is 37.8 Å². The Balaban J connectivity index is 2.02. The molecular weight excluding hydrogens is 334 g/mol. The third-order valence-electron chi connectivity index (χ3n) is 3.07. The van der Waals surface area contributed by atoms with Gasteiger partial charge in [-0.15, -0.1) is 11.8 Å². The minimum atomic E-state index is -0.0234. The lowest BCUT2D eigenvalue weighted by atomic mass is 10.2. The molecule has 1 aromatic carbocycles. The first kappa shape index (κ1) is 15.6. The van der Waals surface area contributed by atoms with Crippen LogP contribution in [0.1, 0.15) is 30.6 Å². The second-order valence-corrected chi connectivity index (χ2v) is 6.78. The van der Waals surface area contributed by atoms with Crippen LogP contribution in [0.5, 0.6) is 0 Å². The number of aryl methyl sites for hydroxylation is 2. The summed E-state index contributed by atoms with van der Waals surface area (Å²) in [6.07, 6.45) is 2.89. The van der Waals surface area contributed by atoms with Crippen molar-refractivity contribution in [1.29, 1.82) is 0 Å². The predicted molar refractivity (Wildman–Crippen MR) is 89.0 cm³/mol. The van der Waals surface area contributed by atoms with Crippen LogP contribution in [0.25, 0.3) is 0 Å². The first-order chi connectivity index (χ1) is 9.61. The third kappa shape index (κ3) is 3.87. The Labute approximate surface area is 133 Å². The highest BCUT2D eigenvalue weighted by Crippen LogP contribution is 2.28. The average Bonchev–Trinajstić information content (AvgIpc) is 2.79. The molecule has 0 spiro atoms. The molecule has 0 radical (unpaired) electrons. The molecule has 0 aliphatic heterocycles. The fraction of sp³-hybridized carbons (Fsp3) is 0.400. The summed E-state index contributed by atoms with van der Waals surface area (Å²) in [6.45, 7) is 5.15. The highest BCUT2D eigenvalue weighted by atomic mass is 79.9.